The SMILES string of the molecule is CN(CC(=O)NC1CC1)C(=O)C(C)(N)c1ccc(Br)cc1. The molecule has 2 amide bonds. The van der Waals surface area contributed by atoms with Crippen LogP contribution in [0.25, 0.3) is 0 Å². The van der Waals surface area contributed by atoms with Crippen LogP contribution >= 0.6 is 15.9 Å². The van der Waals surface area contributed by atoms with E-state index >= 15 is 0 Å². The number of hydrogen-bond acceptors (Lipinski definition) is 3. The minimum absolute atomic E-state index is 0.0264. The number of nitrogens with two attached hydrogens (primary N) is 1. The largest absolute Gasteiger partial charge is 0.352 e. The summed E-state index contributed by atoms with van der Waals surface area (Å²) in [7, 11) is 1.60. The van der Waals surface area contributed by atoms with Crippen molar-refractivity contribution in [2.45, 2.75) is 31.3 Å². The number of amides is 2. The second-order valence-electron chi connectivity index (χ2n) is 5.71. The summed E-state index contributed by atoms with van der Waals surface area (Å²) in [5, 5.41) is 2.86. The van der Waals surface area contributed by atoms with E-state index in [0.29, 0.717) is 5.56 Å². The predicted molar refractivity (Wildman–Crippen MR) is 84.5 cm³/mol. The molecule has 1 unspecified atom stereocenters. The molecule has 0 spiro atoms. The molecule has 0 radical (unpaired) electrons. The molecule has 0 saturated heterocycles. The Morgan fingerprint density at radius 3 is 2.48 bits per heavy atom. The monoisotopic (exact) mass is 353 g/mol. The molecule has 1 fully saturated rings. The van der Waals surface area contributed by atoms with E-state index in [4.69, 9.17) is 5.73 Å². The molecule has 1 aromatic carbocycles. The second-order valence-corrected chi connectivity index (χ2v) is 6.63. The van der Waals surface area contributed by atoms with E-state index in [9.17, 15) is 9.59 Å². The third-order valence-electron chi connectivity index (χ3n) is 3.56. The van der Waals surface area contributed by atoms with E-state index in [1.807, 2.05) is 12.1 Å². The Bertz CT molecular complexity index is 538. The highest BCUT2D eigenvalue weighted by molar-refractivity contribution is 9.10. The lowest BCUT2D eigenvalue weighted by Gasteiger charge is -2.29. The van der Waals surface area contributed by atoms with Crippen molar-refractivity contribution in [2.75, 3.05) is 13.6 Å². The van der Waals surface area contributed by atoms with Crippen molar-refractivity contribution in [1.82, 2.24) is 10.2 Å². The van der Waals surface area contributed by atoms with Crippen LogP contribution in [0, 0.1) is 0 Å². The van der Waals surface area contributed by atoms with Gasteiger partial charge in [0.25, 0.3) is 0 Å². The van der Waals surface area contributed by atoms with Gasteiger partial charge in [0.05, 0.1) is 6.54 Å². The number of likely N-dealkylation sites (N-methyl/N-ethyl adjacent to an activating group) is 1. The van der Waals surface area contributed by atoms with Crippen LogP contribution < -0.4 is 11.1 Å². The number of nitrogens with one attached hydrogen (secondary N) is 1. The molecule has 1 aliphatic carbocycles. The zero-order valence-corrected chi connectivity index (χ0v) is 13.8. The van der Waals surface area contributed by atoms with E-state index in [1.165, 1.54) is 4.90 Å². The van der Waals surface area contributed by atoms with Gasteiger partial charge < -0.3 is 16.0 Å². The van der Waals surface area contributed by atoms with Crippen molar-refractivity contribution < 1.29 is 9.59 Å². The first-order valence-corrected chi connectivity index (χ1v) is 7.70. The molecule has 1 atom stereocenters. The molecule has 0 heterocycles. The summed E-state index contributed by atoms with van der Waals surface area (Å²) in [6, 6.07) is 7.58. The Morgan fingerprint density at radius 1 is 1.38 bits per heavy atom. The number of rotatable bonds is 5. The molecule has 0 aliphatic heterocycles. The summed E-state index contributed by atoms with van der Waals surface area (Å²) in [5.41, 5.74) is 5.74. The molecule has 1 aromatic rings. The number of benzene rings is 1. The molecule has 3 N–H and O–H groups in total. The van der Waals surface area contributed by atoms with Crippen molar-refractivity contribution in [2.24, 2.45) is 5.73 Å². The van der Waals surface area contributed by atoms with Crippen molar-refractivity contribution in [3.63, 3.8) is 0 Å². The number of hydrogen-bond donors (Lipinski definition) is 2. The number of carbonyl (C=O) groups excluding carboxylic acids is 2. The van der Waals surface area contributed by atoms with Gasteiger partial charge in [-0.1, -0.05) is 28.1 Å². The lowest BCUT2D eigenvalue weighted by Crippen LogP contribution is -2.52. The fourth-order valence-corrected chi connectivity index (χ4v) is 2.37. The summed E-state index contributed by atoms with van der Waals surface area (Å²) < 4.78 is 0.923. The second kappa shape index (κ2) is 6.15. The lowest BCUT2D eigenvalue weighted by atomic mass is 9.92. The van der Waals surface area contributed by atoms with Crippen LogP contribution in [0.15, 0.2) is 28.7 Å². The average Bonchev–Trinajstić information content (AvgIpc) is 3.21. The summed E-state index contributed by atoms with van der Waals surface area (Å²) in [4.78, 5) is 25.6. The zero-order valence-electron chi connectivity index (χ0n) is 12.2. The maximum absolute atomic E-state index is 12.5. The highest BCUT2D eigenvalue weighted by Gasteiger charge is 2.34. The summed E-state index contributed by atoms with van der Waals surface area (Å²) in [6.07, 6.45) is 2.05. The maximum atomic E-state index is 12.5. The first-order chi connectivity index (χ1) is 9.80. The van der Waals surface area contributed by atoms with Crippen LogP contribution in [0.5, 0.6) is 0 Å². The highest BCUT2D eigenvalue weighted by Crippen LogP contribution is 2.22. The molecule has 0 bridgehead atoms. The van der Waals surface area contributed by atoms with Crippen molar-refractivity contribution in [1.29, 1.82) is 0 Å². The zero-order chi connectivity index (χ0) is 15.6. The molecule has 114 valence electrons. The molecule has 1 aliphatic rings. The number of halogens is 1. The fourth-order valence-electron chi connectivity index (χ4n) is 2.10. The van der Waals surface area contributed by atoms with Gasteiger partial charge in [-0.05, 0) is 37.5 Å². The lowest BCUT2D eigenvalue weighted by molar-refractivity contribution is -0.139. The van der Waals surface area contributed by atoms with E-state index in [1.54, 1.807) is 26.1 Å². The summed E-state index contributed by atoms with van der Waals surface area (Å²) in [5.74, 6) is -0.421. The van der Waals surface area contributed by atoms with Crippen molar-refractivity contribution >= 4 is 27.7 Å². The van der Waals surface area contributed by atoms with E-state index < -0.39 is 5.54 Å². The molecule has 21 heavy (non-hydrogen) atoms. The Labute approximate surface area is 133 Å². The van der Waals surface area contributed by atoms with Gasteiger partial charge in [-0.2, -0.15) is 0 Å². The van der Waals surface area contributed by atoms with Gasteiger partial charge in [-0.3, -0.25) is 9.59 Å². The smallest absolute Gasteiger partial charge is 0.247 e. The van der Waals surface area contributed by atoms with Gasteiger partial charge in [0.1, 0.15) is 5.54 Å². The summed E-state index contributed by atoms with van der Waals surface area (Å²) >= 11 is 3.35. The highest BCUT2D eigenvalue weighted by atomic mass is 79.9. The van der Waals surface area contributed by atoms with Gasteiger partial charge in [0, 0.05) is 17.6 Å². The maximum Gasteiger partial charge on any atom is 0.247 e. The Kier molecular flexibility index (Phi) is 4.68. The van der Waals surface area contributed by atoms with E-state index in [0.717, 1.165) is 17.3 Å². The van der Waals surface area contributed by atoms with Crippen LogP contribution in [0.4, 0.5) is 0 Å². The molecule has 1 saturated carbocycles. The standard InChI is InChI=1S/C15H20BrN3O2/c1-15(17,10-3-5-11(16)6-4-10)14(21)19(2)9-13(20)18-12-7-8-12/h3-6,12H,7-9,17H2,1-2H3,(H,18,20). The molecular weight excluding hydrogens is 334 g/mol. The van der Waals surface area contributed by atoms with Gasteiger partial charge in [0.2, 0.25) is 11.8 Å². The van der Waals surface area contributed by atoms with E-state index in [-0.39, 0.29) is 24.4 Å². The molecular formula is C15H20BrN3O2. The Balaban J connectivity index is 2.01. The van der Waals surface area contributed by atoms with Crippen molar-refractivity contribution in [3.8, 4) is 0 Å². The Hall–Kier alpha value is -1.40. The third-order valence-corrected chi connectivity index (χ3v) is 4.09. The van der Waals surface area contributed by atoms with Crippen LogP contribution in [-0.2, 0) is 15.1 Å². The fraction of sp³-hybridized carbons (Fsp3) is 0.467. The van der Waals surface area contributed by atoms with Crippen LogP contribution in [-0.4, -0.2) is 36.3 Å². The number of carbonyl (C=O) groups is 2. The molecule has 0 aromatic heterocycles. The summed E-state index contributed by atoms with van der Waals surface area (Å²) in [6.45, 7) is 1.69. The minimum atomic E-state index is -1.16. The Morgan fingerprint density at radius 2 is 1.95 bits per heavy atom. The molecule has 2 rings (SSSR count). The topological polar surface area (TPSA) is 75.4 Å². The first kappa shape index (κ1) is 16.0. The third kappa shape index (κ3) is 4.04. The van der Waals surface area contributed by atoms with Crippen molar-refractivity contribution in [3.05, 3.63) is 34.3 Å². The molecule has 5 nitrogen and oxygen atoms in total. The van der Waals surface area contributed by atoms with Gasteiger partial charge in [-0.25, -0.2) is 0 Å². The quantitative estimate of drug-likeness (QED) is 0.839. The normalized spacial score (nSPS) is 17.0. The van der Waals surface area contributed by atoms with Crippen LogP contribution in [0.2, 0.25) is 0 Å². The van der Waals surface area contributed by atoms with Crippen LogP contribution in [0.3, 0.4) is 0 Å². The van der Waals surface area contributed by atoms with Gasteiger partial charge in [-0.15, -0.1) is 0 Å². The van der Waals surface area contributed by atoms with Gasteiger partial charge >= 0.3 is 0 Å². The van der Waals surface area contributed by atoms with E-state index in [2.05, 4.69) is 21.2 Å². The van der Waals surface area contributed by atoms with Gasteiger partial charge in [0.15, 0.2) is 0 Å². The average molecular weight is 354 g/mol. The van der Waals surface area contributed by atoms with Crippen LogP contribution in [0.1, 0.15) is 25.3 Å². The predicted octanol–water partition coefficient (Wildman–Crippen LogP) is 1.36. The minimum Gasteiger partial charge on any atom is -0.352 e. The number of nitrogens with zero attached hydrogens (tertiary/aromatic N) is 1. The first-order valence-electron chi connectivity index (χ1n) is 6.90. The molecule has 6 heteroatoms.